The van der Waals surface area contributed by atoms with E-state index in [0.29, 0.717) is 12.5 Å². The molecule has 0 saturated carbocycles. The third-order valence-corrected chi connectivity index (χ3v) is 5.88. The summed E-state index contributed by atoms with van der Waals surface area (Å²) in [6, 6.07) is 7.69. The summed E-state index contributed by atoms with van der Waals surface area (Å²) in [5.41, 5.74) is 1.73. The average Bonchev–Trinajstić information content (AvgIpc) is 3.26. The Bertz CT molecular complexity index is 871. The summed E-state index contributed by atoms with van der Waals surface area (Å²) in [4.78, 5) is 10.3. The van der Waals surface area contributed by atoms with E-state index < -0.39 is 0 Å². The van der Waals surface area contributed by atoms with Crippen LogP contribution in [0.5, 0.6) is 5.88 Å². The van der Waals surface area contributed by atoms with E-state index >= 15 is 0 Å². The van der Waals surface area contributed by atoms with E-state index in [1.54, 1.807) is 0 Å². The van der Waals surface area contributed by atoms with Gasteiger partial charge in [0.1, 0.15) is 5.69 Å². The van der Waals surface area contributed by atoms with Gasteiger partial charge in [0.15, 0.2) is 5.65 Å². The minimum absolute atomic E-state index is 0.623. The Morgan fingerprint density at radius 1 is 1.15 bits per heavy atom. The molecular formula is C18H22ClN5OS. The van der Waals surface area contributed by atoms with Gasteiger partial charge in [0, 0.05) is 38.8 Å². The van der Waals surface area contributed by atoms with Gasteiger partial charge in [-0.3, -0.25) is 0 Å². The fourth-order valence-corrected chi connectivity index (χ4v) is 4.13. The van der Waals surface area contributed by atoms with Crippen LogP contribution in [0.4, 0.5) is 0 Å². The third kappa shape index (κ3) is 4.01. The number of rotatable bonds is 6. The number of imidazole rings is 1. The number of hydrogen-bond donors (Lipinski definition) is 0. The van der Waals surface area contributed by atoms with Crippen molar-refractivity contribution in [2.75, 3.05) is 46.4 Å². The van der Waals surface area contributed by atoms with Gasteiger partial charge in [-0.1, -0.05) is 11.6 Å². The molecule has 0 aliphatic carbocycles. The highest BCUT2D eigenvalue weighted by molar-refractivity contribution is 7.19. The molecule has 1 fully saturated rings. The van der Waals surface area contributed by atoms with Crippen molar-refractivity contribution in [1.29, 1.82) is 0 Å². The zero-order valence-electron chi connectivity index (χ0n) is 14.8. The zero-order chi connectivity index (χ0) is 17.9. The van der Waals surface area contributed by atoms with E-state index in [4.69, 9.17) is 16.3 Å². The quantitative estimate of drug-likeness (QED) is 0.604. The summed E-state index contributed by atoms with van der Waals surface area (Å²) in [5, 5.41) is 4.59. The lowest BCUT2D eigenvalue weighted by molar-refractivity contribution is 0.145. The molecule has 6 nitrogen and oxygen atoms in total. The van der Waals surface area contributed by atoms with Crippen molar-refractivity contribution in [2.45, 2.75) is 6.42 Å². The highest BCUT2D eigenvalue weighted by Crippen LogP contribution is 2.31. The van der Waals surface area contributed by atoms with Gasteiger partial charge in [-0.2, -0.15) is 0 Å². The molecule has 0 spiro atoms. The van der Waals surface area contributed by atoms with Crippen LogP contribution in [0.15, 0.2) is 30.5 Å². The summed E-state index contributed by atoms with van der Waals surface area (Å²) in [6.45, 7) is 6.31. The lowest BCUT2D eigenvalue weighted by atomic mass is 10.3. The maximum Gasteiger partial charge on any atom is 0.231 e. The summed E-state index contributed by atoms with van der Waals surface area (Å²) >= 11 is 7.57. The molecule has 26 heavy (non-hydrogen) atoms. The second-order valence-electron chi connectivity index (χ2n) is 6.54. The van der Waals surface area contributed by atoms with Crippen molar-refractivity contribution in [2.24, 2.45) is 0 Å². The first-order valence-corrected chi connectivity index (χ1v) is 10.0. The Balaban J connectivity index is 1.36. The van der Waals surface area contributed by atoms with Gasteiger partial charge in [-0.25, -0.2) is 9.50 Å². The van der Waals surface area contributed by atoms with Crippen LogP contribution in [0, 0.1) is 0 Å². The number of fused-ring (bicyclic) bond motifs is 1. The second kappa shape index (κ2) is 7.92. The minimum Gasteiger partial charge on any atom is -0.477 e. The van der Waals surface area contributed by atoms with Crippen molar-refractivity contribution in [3.63, 3.8) is 0 Å². The molecule has 0 radical (unpaired) electrons. The molecule has 3 aromatic heterocycles. The van der Waals surface area contributed by atoms with Gasteiger partial charge < -0.3 is 14.5 Å². The standard InChI is InChI=1S/C18H22ClN5OS/c1-22-8-10-23(11-9-22)7-2-12-25-18-6-5-17-20-13-14(24(17)21-18)15-3-4-16(19)26-15/h3-6,13H,2,7-12H2,1H3. The van der Waals surface area contributed by atoms with Gasteiger partial charge in [0.25, 0.3) is 0 Å². The van der Waals surface area contributed by atoms with Crippen LogP contribution < -0.4 is 4.74 Å². The molecule has 0 aromatic carbocycles. The van der Waals surface area contributed by atoms with Gasteiger partial charge in [-0.15, -0.1) is 16.4 Å². The van der Waals surface area contributed by atoms with Gasteiger partial charge in [0.05, 0.1) is 22.0 Å². The van der Waals surface area contributed by atoms with Gasteiger partial charge >= 0.3 is 0 Å². The number of aromatic nitrogens is 3. The number of likely N-dealkylation sites (N-methyl/N-ethyl adjacent to an activating group) is 1. The van der Waals surface area contributed by atoms with E-state index in [1.165, 1.54) is 11.3 Å². The predicted molar refractivity (Wildman–Crippen MR) is 105 cm³/mol. The van der Waals surface area contributed by atoms with Crippen molar-refractivity contribution in [3.8, 4) is 16.5 Å². The fourth-order valence-electron chi connectivity index (χ4n) is 3.09. The molecule has 8 heteroatoms. The number of thiophene rings is 1. The Morgan fingerprint density at radius 2 is 2.00 bits per heavy atom. The maximum absolute atomic E-state index is 6.05. The van der Waals surface area contributed by atoms with E-state index in [2.05, 4.69) is 26.9 Å². The molecule has 4 heterocycles. The predicted octanol–water partition coefficient (Wildman–Crippen LogP) is 3.13. The van der Waals surface area contributed by atoms with E-state index in [1.807, 2.05) is 35.0 Å². The summed E-state index contributed by atoms with van der Waals surface area (Å²) in [7, 11) is 2.18. The number of hydrogen-bond acceptors (Lipinski definition) is 6. The van der Waals surface area contributed by atoms with Crippen LogP contribution in [0.1, 0.15) is 6.42 Å². The molecule has 0 amide bonds. The molecule has 0 unspecified atom stereocenters. The fraction of sp³-hybridized carbons (Fsp3) is 0.444. The van der Waals surface area contributed by atoms with Gasteiger partial charge in [-0.05, 0) is 31.7 Å². The van der Waals surface area contributed by atoms with E-state index in [-0.39, 0.29) is 0 Å². The maximum atomic E-state index is 6.05. The van der Waals surface area contributed by atoms with Crippen molar-refractivity contribution in [1.82, 2.24) is 24.4 Å². The minimum atomic E-state index is 0.623. The van der Waals surface area contributed by atoms with Crippen LogP contribution in [0.3, 0.4) is 0 Å². The molecule has 3 aromatic rings. The molecular weight excluding hydrogens is 370 g/mol. The highest BCUT2D eigenvalue weighted by atomic mass is 35.5. The van der Waals surface area contributed by atoms with Gasteiger partial charge in [0.2, 0.25) is 5.88 Å². The molecule has 4 rings (SSSR count). The van der Waals surface area contributed by atoms with Crippen LogP contribution >= 0.6 is 22.9 Å². The topological polar surface area (TPSA) is 45.9 Å². The first-order valence-electron chi connectivity index (χ1n) is 8.83. The highest BCUT2D eigenvalue weighted by Gasteiger charge is 2.13. The number of ether oxygens (including phenoxy) is 1. The monoisotopic (exact) mass is 391 g/mol. The summed E-state index contributed by atoms with van der Waals surface area (Å²) in [5.74, 6) is 0.623. The van der Waals surface area contributed by atoms with Crippen LogP contribution in [0.2, 0.25) is 4.34 Å². The summed E-state index contributed by atoms with van der Waals surface area (Å²) in [6.07, 6.45) is 2.82. The Labute approximate surface area is 162 Å². The normalized spacial score (nSPS) is 16.4. The first kappa shape index (κ1) is 17.7. The lowest BCUT2D eigenvalue weighted by Crippen LogP contribution is -2.44. The third-order valence-electron chi connectivity index (χ3n) is 4.63. The second-order valence-corrected chi connectivity index (χ2v) is 8.25. The Hall–Kier alpha value is -1.67. The molecule has 1 aliphatic rings. The van der Waals surface area contributed by atoms with Crippen molar-refractivity contribution >= 4 is 28.6 Å². The Kier molecular flexibility index (Phi) is 5.40. The lowest BCUT2D eigenvalue weighted by Gasteiger charge is -2.32. The molecule has 1 saturated heterocycles. The van der Waals surface area contributed by atoms with E-state index in [9.17, 15) is 0 Å². The zero-order valence-corrected chi connectivity index (χ0v) is 16.3. The molecule has 0 N–H and O–H groups in total. The average molecular weight is 392 g/mol. The smallest absolute Gasteiger partial charge is 0.231 e. The molecule has 138 valence electrons. The number of piperazine rings is 1. The number of nitrogens with zero attached hydrogens (tertiary/aromatic N) is 5. The largest absolute Gasteiger partial charge is 0.477 e. The molecule has 1 aliphatic heterocycles. The van der Waals surface area contributed by atoms with Crippen LogP contribution in [-0.4, -0.2) is 70.8 Å². The van der Waals surface area contributed by atoms with Crippen molar-refractivity contribution < 1.29 is 4.74 Å². The Morgan fingerprint density at radius 3 is 2.77 bits per heavy atom. The number of halogens is 1. The van der Waals surface area contributed by atoms with Crippen LogP contribution in [-0.2, 0) is 0 Å². The first-order chi connectivity index (χ1) is 12.7. The van der Waals surface area contributed by atoms with E-state index in [0.717, 1.165) is 59.7 Å². The van der Waals surface area contributed by atoms with Crippen LogP contribution in [0.25, 0.3) is 16.2 Å². The summed E-state index contributed by atoms with van der Waals surface area (Å²) < 4.78 is 8.45. The molecule has 0 bridgehead atoms. The SMILES string of the molecule is CN1CCN(CCCOc2ccc3ncc(-c4ccc(Cl)s4)n3n2)CC1. The molecule has 0 atom stereocenters. The van der Waals surface area contributed by atoms with Crippen molar-refractivity contribution in [3.05, 3.63) is 34.8 Å².